The number of ether oxygens (including phenoxy) is 1. The fourth-order valence-corrected chi connectivity index (χ4v) is 5.69. The number of amides is 2. The van der Waals surface area contributed by atoms with Gasteiger partial charge in [0.15, 0.2) is 0 Å². The van der Waals surface area contributed by atoms with Crippen LogP contribution in [0.25, 0.3) is 11.1 Å². The molecule has 5 rings (SSSR count). The first kappa shape index (κ1) is 23.4. The largest absolute Gasteiger partial charge is 0.481 e. The number of carboxylic acid groups (broad SMARTS) is 1. The lowest BCUT2D eigenvalue weighted by Gasteiger charge is -2.36. The number of benzene rings is 2. The number of carbonyl (C=O) groups excluding carboxylic acids is 2. The van der Waals surface area contributed by atoms with Crippen LogP contribution in [-0.2, 0) is 14.3 Å². The molecular formula is C28H32N2O5. The summed E-state index contributed by atoms with van der Waals surface area (Å²) in [6.07, 6.45) is 4.00. The van der Waals surface area contributed by atoms with Gasteiger partial charge in [0.1, 0.15) is 6.61 Å². The number of alkyl carbamates (subject to hydrolysis) is 1. The quantitative estimate of drug-likeness (QED) is 0.617. The third-order valence-electron chi connectivity index (χ3n) is 7.88. The van der Waals surface area contributed by atoms with Gasteiger partial charge in [-0.3, -0.25) is 9.59 Å². The van der Waals surface area contributed by atoms with Crippen molar-refractivity contribution in [2.45, 2.75) is 50.5 Å². The summed E-state index contributed by atoms with van der Waals surface area (Å²) >= 11 is 0. The number of nitrogens with zero attached hydrogens (tertiary/aromatic N) is 1. The Morgan fingerprint density at radius 1 is 0.971 bits per heavy atom. The van der Waals surface area contributed by atoms with E-state index < -0.39 is 18.0 Å². The topological polar surface area (TPSA) is 95.9 Å². The van der Waals surface area contributed by atoms with Crippen LogP contribution in [-0.4, -0.2) is 53.7 Å². The number of aliphatic carboxylic acids is 1. The Kier molecular flexibility index (Phi) is 6.75. The van der Waals surface area contributed by atoms with Gasteiger partial charge in [0.2, 0.25) is 5.91 Å². The standard InChI is InChI=1S/C28H32N2O5/c31-26(30-14-6-9-19(16-30)27(32)33)15-25(18-7-5-8-18)29-28(34)35-17-24-22-12-3-1-10-20(22)21-11-2-4-13-23(21)24/h1-4,10-13,18-19,24-25H,5-9,14-17H2,(H,29,34)(H,32,33). The highest BCUT2D eigenvalue weighted by Crippen LogP contribution is 2.44. The van der Waals surface area contributed by atoms with E-state index in [0.29, 0.717) is 19.4 Å². The van der Waals surface area contributed by atoms with E-state index in [4.69, 9.17) is 4.74 Å². The maximum Gasteiger partial charge on any atom is 0.407 e. The maximum absolute atomic E-state index is 13.0. The zero-order valence-electron chi connectivity index (χ0n) is 19.8. The van der Waals surface area contributed by atoms with Crippen molar-refractivity contribution in [3.05, 3.63) is 59.7 Å². The average Bonchev–Trinajstić information content (AvgIpc) is 3.15. The highest BCUT2D eigenvalue weighted by atomic mass is 16.5. The van der Waals surface area contributed by atoms with E-state index in [1.165, 1.54) is 11.1 Å². The van der Waals surface area contributed by atoms with Crippen molar-refractivity contribution in [1.29, 1.82) is 0 Å². The van der Waals surface area contributed by atoms with Gasteiger partial charge in [-0.2, -0.15) is 0 Å². The summed E-state index contributed by atoms with van der Waals surface area (Å²) in [5.74, 6) is -1.22. The molecule has 2 amide bonds. The van der Waals surface area contributed by atoms with Crippen LogP contribution in [0.5, 0.6) is 0 Å². The summed E-state index contributed by atoms with van der Waals surface area (Å²) in [7, 11) is 0. The summed E-state index contributed by atoms with van der Waals surface area (Å²) in [5, 5.41) is 12.3. The molecule has 2 aliphatic carbocycles. The van der Waals surface area contributed by atoms with Gasteiger partial charge >= 0.3 is 12.1 Å². The lowest BCUT2D eigenvalue weighted by Crippen LogP contribution is -2.49. The minimum atomic E-state index is -0.852. The second-order valence-corrected chi connectivity index (χ2v) is 9.99. The van der Waals surface area contributed by atoms with E-state index in [-0.39, 0.29) is 43.4 Å². The SMILES string of the molecule is O=C(NC(CC(=O)N1CCCC(C(=O)O)C1)C1CCC1)OCC1c2ccccc2-c2ccccc21. The predicted molar refractivity (Wildman–Crippen MR) is 131 cm³/mol. The van der Waals surface area contributed by atoms with Gasteiger partial charge in [0.05, 0.1) is 5.92 Å². The fourth-order valence-electron chi connectivity index (χ4n) is 5.69. The van der Waals surface area contributed by atoms with Crippen molar-refractivity contribution in [1.82, 2.24) is 10.2 Å². The molecule has 35 heavy (non-hydrogen) atoms. The lowest BCUT2D eigenvalue weighted by molar-refractivity contribution is -0.145. The van der Waals surface area contributed by atoms with Crippen molar-refractivity contribution in [2.24, 2.45) is 11.8 Å². The lowest BCUT2D eigenvalue weighted by atomic mass is 9.78. The Morgan fingerprint density at radius 2 is 1.63 bits per heavy atom. The minimum absolute atomic E-state index is 0.0155. The number of hydrogen-bond acceptors (Lipinski definition) is 4. The molecule has 1 saturated carbocycles. The average molecular weight is 477 g/mol. The van der Waals surface area contributed by atoms with Crippen LogP contribution in [0.1, 0.15) is 55.6 Å². The van der Waals surface area contributed by atoms with Crippen LogP contribution in [0.4, 0.5) is 4.79 Å². The third-order valence-corrected chi connectivity index (χ3v) is 7.88. The second-order valence-electron chi connectivity index (χ2n) is 9.99. The van der Waals surface area contributed by atoms with Crippen LogP contribution in [0, 0.1) is 11.8 Å². The zero-order valence-corrected chi connectivity index (χ0v) is 19.8. The molecule has 0 radical (unpaired) electrons. The highest BCUT2D eigenvalue weighted by Gasteiger charge is 2.35. The summed E-state index contributed by atoms with van der Waals surface area (Å²) in [4.78, 5) is 38.9. The number of carbonyl (C=O) groups is 3. The van der Waals surface area contributed by atoms with Crippen molar-refractivity contribution in [2.75, 3.05) is 19.7 Å². The minimum Gasteiger partial charge on any atom is -0.481 e. The van der Waals surface area contributed by atoms with E-state index in [0.717, 1.165) is 30.4 Å². The smallest absolute Gasteiger partial charge is 0.407 e. The van der Waals surface area contributed by atoms with Crippen LogP contribution in [0.3, 0.4) is 0 Å². The molecule has 2 fully saturated rings. The van der Waals surface area contributed by atoms with Gasteiger partial charge in [0, 0.05) is 31.5 Å². The van der Waals surface area contributed by atoms with Crippen molar-refractivity contribution in [3.8, 4) is 11.1 Å². The van der Waals surface area contributed by atoms with E-state index >= 15 is 0 Å². The number of likely N-dealkylation sites (tertiary alicyclic amines) is 1. The first-order chi connectivity index (χ1) is 17.0. The molecule has 7 heteroatoms. The molecule has 0 spiro atoms. The van der Waals surface area contributed by atoms with E-state index in [1.807, 2.05) is 24.3 Å². The van der Waals surface area contributed by atoms with Gasteiger partial charge < -0.3 is 20.1 Å². The Hall–Kier alpha value is -3.35. The molecule has 184 valence electrons. The summed E-state index contributed by atoms with van der Waals surface area (Å²) in [6.45, 7) is 1.05. The number of nitrogens with one attached hydrogen (secondary N) is 1. The summed E-state index contributed by atoms with van der Waals surface area (Å²) < 4.78 is 5.71. The maximum atomic E-state index is 13.0. The molecule has 2 N–H and O–H groups in total. The molecule has 2 aromatic rings. The number of hydrogen-bond donors (Lipinski definition) is 2. The van der Waals surface area contributed by atoms with Crippen LogP contribution >= 0.6 is 0 Å². The number of fused-ring (bicyclic) bond motifs is 3. The van der Waals surface area contributed by atoms with Gasteiger partial charge in [-0.1, -0.05) is 55.0 Å². The third kappa shape index (κ3) is 4.90. The number of piperidine rings is 1. The summed E-state index contributed by atoms with van der Waals surface area (Å²) in [5.41, 5.74) is 4.67. The molecule has 0 aromatic heterocycles. The van der Waals surface area contributed by atoms with Gasteiger partial charge in [0.25, 0.3) is 0 Å². The first-order valence-electron chi connectivity index (χ1n) is 12.6. The first-order valence-corrected chi connectivity index (χ1v) is 12.6. The van der Waals surface area contributed by atoms with Gasteiger partial charge in [-0.15, -0.1) is 0 Å². The molecule has 0 bridgehead atoms. The Morgan fingerprint density at radius 3 is 2.23 bits per heavy atom. The molecule has 1 heterocycles. The second kappa shape index (κ2) is 10.1. The Bertz CT molecular complexity index is 1070. The molecule has 1 saturated heterocycles. The van der Waals surface area contributed by atoms with Gasteiger partial charge in [-0.05, 0) is 53.9 Å². The predicted octanol–water partition coefficient (Wildman–Crippen LogP) is 4.41. The van der Waals surface area contributed by atoms with Crippen molar-refractivity contribution < 1.29 is 24.2 Å². The molecule has 2 atom stereocenters. The van der Waals surface area contributed by atoms with Gasteiger partial charge in [-0.25, -0.2) is 4.79 Å². The Labute approximate surface area is 205 Å². The molecule has 2 unspecified atom stereocenters. The zero-order chi connectivity index (χ0) is 24.4. The molecular weight excluding hydrogens is 444 g/mol. The van der Waals surface area contributed by atoms with Crippen LogP contribution in [0.2, 0.25) is 0 Å². The number of carboxylic acids is 1. The normalized spacial score (nSPS) is 20.3. The number of rotatable bonds is 7. The summed E-state index contributed by atoms with van der Waals surface area (Å²) in [6, 6.07) is 16.1. The highest BCUT2D eigenvalue weighted by molar-refractivity contribution is 5.80. The Balaban J connectivity index is 1.21. The van der Waals surface area contributed by atoms with Crippen LogP contribution < -0.4 is 5.32 Å². The van der Waals surface area contributed by atoms with E-state index in [9.17, 15) is 19.5 Å². The molecule has 2 aromatic carbocycles. The van der Waals surface area contributed by atoms with Crippen molar-refractivity contribution >= 4 is 18.0 Å². The van der Waals surface area contributed by atoms with Crippen LogP contribution in [0.15, 0.2) is 48.5 Å². The fraction of sp³-hybridized carbons (Fsp3) is 0.464. The molecule has 3 aliphatic rings. The van der Waals surface area contributed by atoms with E-state index in [1.54, 1.807) is 4.90 Å². The molecule has 1 aliphatic heterocycles. The monoisotopic (exact) mass is 476 g/mol. The van der Waals surface area contributed by atoms with E-state index in [2.05, 4.69) is 29.6 Å². The van der Waals surface area contributed by atoms with Crippen molar-refractivity contribution in [3.63, 3.8) is 0 Å². The molecule has 7 nitrogen and oxygen atoms in total.